The van der Waals surface area contributed by atoms with E-state index in [0.29, 0.717) is 11.3 Å². The number of hydrogen-bond donors (Lipinski definition) is 1. The molecule has 8 nitrogen and oxygen atoms in total. The van der Waals surface area contributed by atoms with E-state index in [2.05, 4.69) is 5.32 Å². The van der Waals surface area contributed by atoms with Gasteiger partial charge in [-0.25, -0.2) is 13.2 Å². The zero-order valence-electron chi connectivity index (χ0n) is 19.1. The Bertz CT molecular complexity index is 1280. The number of esters is 1. The van der Waals surface area contributed by atoms with Crippen molar-refractivity contribution in [3.63, 3.8) is 0 Å². The summed E-state index contributed by atoms with van der Waals surface area (Å²) < 4.78 is 38.1. The number of amides is 1. The van der Waals surface area contributed by atoms with Gasteiger partial charge in [-0.3, -0.25) is 4.79 Å². The van der Waals surface area contributed by atoms with Gasteiger partial charge in [-0.2, -0.15) is 4.31 Å². The van der Waals surface area contributed by atoms with Crippen molar-refractivity contribution in [2.24, 2.45) is 0 Å². The molecule has 178 valence electrons. The summed E-state index contributed by atoms with van der Waals surface area (Å²) in [5.74, 6) is -0.648. The summed E-state index contributed by atoms with van der Waals surface area (Å²) in [5.41, 5.74) is 1.78. The zero-order valence-corrected chi connectivity index (χ0v) is 20.0. The summed E-state index contributed by atoms with van der Waals surface area (Å²) in [4.78, 5) is 25.0. The molecule has 0 atom stereocenters. The van der Waals surface area contributed by atoms with Crippen molar-refractivity contribution in [2.75, 3.05) is 26.1 Å². The maximum Gasteiger partial charge on any atom is 0.339 e. The molecule has 3 aromatic rings. The van der Waals surface area contributed by atoms with E-state index in [1.165, 1.54) is 32.4 Å². The van der Waals surface area contributed by atoms with E-state index < -0.39 is 28.4 Å². The monoisotopic (exact) mass is 482 g/mol. The summed E-state index contributed by atoms with van der Waals surface area (Å²) >= 11 is 0. The average molecular weight is 483 g/mol. The Morgan fingerprint density at radius 1 is 0.941 bits per heavy atom. The summed E-state index contributed by atoms with van der Waals surface area (Å²) in [6, 6.07) is 19.9. The van der Waals surface area contributed by atoms with Crippen LogP contribution in [-0.4, -0.2) is 45.4 Å². The quantitative estimate of drug-likeness (QED) is 0.468. The molecule has 1 N–H and O–H groups in total. The Kier molecular flexibility index (Phi) is 8.04. The number of hydrogen-bond acceptors (Lipinski definition) is 6. The van der Waals surface area contributed by atoms with Crippen LogP contribution in [0.4, 0.5) is 5.69 Å². The molecule has 0 heterocycles. The van der Waals surface area contributed by atoms with E-state index in [1.807, 2.05) is 6.07 Å². The molecule has 0 fully saturated rings. The zero-order chi connectivity index (χ0) is 24.7. The smallest absolute Gasteiger partial charge is 0.339 e. The SMILES string of the molecule is COC(=O)c1ccccc1NC(=O)CN(Cc1ccccc1)S(=O)(=O)c1ccc(OC)c(C)c1. The molecular formula is C25H26N2O6S. The van der Waals surface area contributed by atoms with Gasteiger partial charge in [0.15, 0.2) is 0 Å². The van der Waals surface area contributed by atoms with Crippen LogP contribution in [0.15, 0.2) is 77.7 Å². The molecule has 9 heteroatoms. The molecule has 0 aliphatic rings. The Morgan fingerprint density at radius 2 is 1.62 bits per heavy atom. The van der Waals surface area contributed by atoms with Crippen LogP contribution in [0.1, 0.15) is 21.5 Å². The number of sulfonamides is 1. The number of benzene rings is 3. The lowest BCUT2D eigenvalue weighted by atomic mass is 10.2. The van der Waals surface area contributed by atoms with Gasteiger partial charge in [0.1, 0.15) is 5.75 Å². The van der Waals surface area contributed by atoms with E-state index in [1.54, 1.807) is 55.5 Å². The first-order valence-corrected chi connectivity index (χ1v) is 11.9. The second-order valence-electron chi connectivity index (χ2n) is 7.48. The van der Waals surface area contributed by atoms with Gasteiger partial charge in [0.05, 0.1) is 36.9 Å². The maximum absolute atomic E-state index is 13.5. The molecule has 1 amide bonds. The van der Waals surface area contributed by atoms with Crippen molar-refractivity contribution < 1.29 is 27.5 Å². The van der Waals surface area contributed by atoms with Crippen LogP contribution in [0, 0.1) is 6.92 Å². The number of nitrogens with zero attached hydrogens (tertiary/aromatic N) is 1. The third-order valence-corrected chi connectivity index (χ3v) is 6.92. The van der Waals surface area contributed by atoms with Crippen LogP contribution in [0.2, 0.25) is 0 Å². The molecule has 34 heavy (non-hydrogen) atoms. The second-order valence-corrected chi connectivity index (χ2v) is 9.41. The molecule has 0 radical (unpaired) electrons. The minimum absolute atomic E-state index is 0.0136. The largest absolute Gasteiger partial charge is 0.496 e. The first kappa shape index (κ1) is 24.9. The fourth-order valence-electron chi connectivity index (χ4n) is 3.40. The highest BCUT2D eigenvalue weighted by molar-refractivity contribution is 7.89. The van der Waals surface area contributed by atoms with E-state index in [9.17, 15) is 18.0 Å². The predicted octanol–water partition coefficient (Wildman–Crippen LogP) is 3.62. The second kappa shape index (κ2) is 11.0. The van der Waals surface area contributed by atoms with Gasteiger partial charge >= 0.3 is 5.97 Å². The Labute approximate surface area is 199 Å². The van der Waals surface area contributed by atoms with Crippen molar-refractivity contribution >= 4 is 27.6 Å². The van der Waals surface area contributed by atoms with Crippen LogP contribution >= 0.6 is 0 Å². The minimum Gasteiger partial charge on any atom is -0.496 e. The number of para-hydroxylation sites is 1. The molecule has 0 saturated heterocycles. The van der Waals surface area contributed by atoms with Gasteiger partial charge in [0, 0.05) is 6.54 Å². The van der Waals surface area contributed by atoms with Crippen molar-refractivity contribution in [1.82, 2.24) is 4.31 Å². The van der Waals surface area contributed by atoms with E-state index >= 15 is 0 Å². The van der Waals surface area contributed by atoms with Crippen LogP contribution in [0.3, 0.4) is 0 Å². The molecule has 0 aliphatic carbocycles. The van der Waals surface area contributed by atoms with Crippen LogP contribution in [0.25, 0.3) is 0 Å². The number of carbonyl (C=O) groups excluding carboxylic acids is 2. The van der Waals surface area contributed by atoms with Crippen molar-refractivity contribution in [3.05, 3.63) is 89.5 Å². The Morgan fingerprint density at radius 3 is 2.26 bits per heavy atom. The first-order valence-electron chi connectivity index (χ1n) is 10.4. The van der Waals surface area contributed by atoms with Crippen LogP contribution < -0.4 is 10.1 Å². The molecule has 3 aromatic carbocycles. The Hall–Kier alpha value is -3.69. The first-order chi connectivity index (χ1) is 16.3. The number of ether oxygens (including phenoxy) is 2. The molecule has 0 saturated carbocycles. The average Bonchev–Trinajstić information content (AvgIpc) is 2.84. The highest BCUT2D eigenvalue weighted by Crippen LogP contribution is 2.25. The molecular weight excluding hydrogens is 456 g/mol. The topological polar surface area (TPSA) is 102 Å². The third kappa shape index (κ3) is 5.81. The van der Waals surface area contributed by atoms with Gasteiger partial charge in [0.25, 0.3) is 0 Å². The minimum atomic E-state index is -4.04. The number of nitrogens with one attached hydrogen (secondary N) is 1. The molecule has 3 rings (SSSR count). The summed E-state index contributed by atoms with van der Waals surface area (Å²) in [6.07, 6.45) is 0. The van der Waals surface area contributed by atoms with Crippen LogP contribution in [-0.2, 0) is 26.1 Å². The van der Waals surface area contributed by atoms with E-state index in [-0.39, 0.29) is 22.7 Å². The molecule has 0 aliphatic heterocycles. The third-order valence-electron chi connectivity index (χ3n) is 5.13. The highest BCUT2D eigenvalue weighted by Gasteiger charge is 2.28. The number of rotatable bonds is 9. The number of carbonyl (C=O) groups is 2. The van der Waals surface area contributed by atoms with Gasteiger partial charge in [-0.15, -0.1) is 0 Å². The fourth-order valence-corrected chi connectivity index (χ4v) is 4.87. The lowest BCUT2D eigenvalue weighted by molar-refractivity contribution is -0.116. The standard InChI is InChI=1S/C25H26N2O6S/c1-18-15-20(13-14-23(18)32-2)34(30,31)27(16-19-9-5-4-6-10-19)17-24(28)26-22-12-8-7-11-21(22)25(29)33-3/h4-15H,16-17H2,1-3H3,(H,26,28). The van der Waals surface area contributed by atoms with E-state index in [0.717, 1.165) is 9.87 Å². The van der Waals surface area contributed by atoms with Gasteiger partial charge in [-0.05, 0) is 48.4 Å². The predicted molar refractivity (Wildman–Crippen MR) is 128 cm³/mol. The summed E-state index contributed by atoms with van der Waals surface area (Å²) in [7, 11) is -1.29. The number of anilines is 1. The van der Waals surface area contributed by atoms with Crippen molar-refractivity contribution in [3.8, 4) is 5.75 Å². The number of aryl methyl sites for hydroxylation is 1. The van der Waals surface area contributed by atoms with Gasteiger partial charge < -0.3 is 14.8 Å². The maximum atomic E-state index is 13.5. The molecule has 0 unspecified atom stereocenters. The highest BCUT2D eigenvalue weighted by atomic mass is 32.2. The normalized spacial score (nSPS) is 11.2. The van der Waals surface area contributed by atoms with Gasteiger partial charge in [-0.1, -0.05) is 42.5 Å². The summed E-state index contributed by atoms with van der Waals surface area (Å²) in [5, 5.41) is 2.63. The molecule has 0 bridgehead atoms. The molecule has 0 aromatic heterocycles. The van der Waals surface area contributed by atoms with Crippen molar-refractivity contribution in [1.29, 1.82) is 0 Å². The fraction of sp³-hybridized carbons (Fsp3) is 0.200. The van der Waals surface area contributed by atoms with Crippen molar-refractivity contribution in [2.45, 2.75) is 18.4 Å². The van der Waals surface area contributed by atoms with Gasteiger partial charge in [0.2, 0.25) is 15.9 Å². The van der Waals surface area contributed by atoms with E-state index in [4.69, 9.17) is 9.47 Å². The van der Waals surface area contributed by atoms with Crippen LogP contribution in [0.5, 0.6) is 5.75 Å². The Balaban J connectivity index is 1.92. The lowest BCUT2D eigenvalue weighted by Gasteiger charge is -2.23. The summed E-state index contributed by atoms with van der Waals surface area (Å²) in [6.45, 7) is 1.27. The number of methoxy groups -OCH3 is 2. The molecule has 0 spiro atoms. The lowest BCUT2D eigenvalue weighted by Crippen LogP contribution is -2.37.